The molecule has 1 atom stereocenters. The summed E-state index contributed by atoms with van der Waals surface area (Å²) in [6.45, 7) is 6.22. The summed E-state index contributed by atoms with van der Waals surface area (Å²) < 4.78 is 0. The molecule has 144 valence electrons. The molecule has 27 heavy (non-hydrogen) atoms. The van der Waals surface area contributed by atoms with Crippen molar-refractivity contribution in [2.24, 2.45) is 5.41 Å². The Hall–Kier alpha value is -2.17. The summed E-state index contributed by atoms with van der Waals surface area (Å²) in [5, 5.41) is 12.7. The number of benzene rings is 2. The fourth-order valence-corrected chi connectivity index (χ4v) is 3.65. The molecule has 2 aromatic rings. The molecule has 0 aromatic heterocycles. The van der Waals surface area contributed by atoms with Gasteiger partial charge in [-0.1, -0.05) is 68.4 Å². The lowest BCUT2D eigenvalue weighted by molar-refractivity contribution is -0.133. The summed E-state index contributed by atoms with van der Waals surface area (Å²) in [6.07, 6.45) is 1.36. The third-order valence-electron chi connectivity index (χ3n) is 5.27. The van der Waals surface area contributed by atoms with E-state index in [9.17, 15) is 9.90 Å². The zero-order valence-electron chi connectivity index (χ0n) is 16.3. The van der Waals surface area contributed by atoms with E-state index in [0.29, 0.717) is 19.5 Å². The zero-order valence-corrected chi connectivity index (χ0v) is 16.3. The van der Waals surface area contributed by atoms with Gasteiger partial charge in [-0.15, -0.1) is 0 Å². The lowest BCUT2D eigenvalue weighted by Crippen LogP contribution is -2.42. The zero-order chi connectivity index (χ0) is 19.3. The van der Waals surface area contributed by atoms with Crippen molar-refractivity contribution >= 4 is 5.91 Å². The fraction of sp³-hybridized carbons (Fsp3) is 0.435. The van der Waals surface area contributed by atoms with Crippen LogP contribution in [-0.2, 0) is 11.2 Å². The molecule has 0 saturated carbocycles. The van der Waals surface area contributed by atoms with Crippen molar-refractivity contribution < 1.29 is 9.90 Å². The van der Waals surface area contributed by atoms with Crippen LogP contribution in [0.1, 0.15) is 43.0 Å². The summed E-state index contributed by atoms with van der Waals surface area (Å²) in [5.41, 5.74) is 3.56. The second-order valence-electron chi connectivity index (χ2n) is 8.10. The van der Waals surface area contributed by atoms with Gasteiger partial charge >= 0.3 is 0 Å². The lowest BCUT2D eigenvalue weighted by atomic mass is 9.88. The summed E-state index contributed by atoms with van der Waals surface area (Å²) >= 11 is 0. The van der Waals surface area contributed by atoms with Crippen molar-refractivity contribution in [1.29, 1.82) is 0 Å². The van der Waals surface area contributed by atoms with Gasteiger partial charge in [0.2, 0.25) is 5.91 Å². The molecule has 0 aliphatic carbocycles. The van der Waals surface area contributed by atoms with Crippen LogP contribution in [0.25, 0.3) is 0 Å². The molecule has 0 fully saturated rings. The minimum Gasteiger partial charge on any atom is -0.396 e. The highest BCUT2D eigenvalue weighted by Gasteiger charge is 2.31. The van der Waals surface area contributed by atoms with E-state index in [1.807, 2.05) is 36.9 Å². The second kappa shape index (κ2) is 8.68. The second-order valence-corrected chi connectivity index (χ2v) is 8.10. The average Bonchev–Trinajstić information content (AvgIpc) is 2.71. The molecule has 1 aliphatic heterocycles. The maximum Gasteiger partial charge on any atom is 0.224 e. The Kier molecular flexibility index (Phi) is 6.30. The summed E-state index contributed by atoms with van der Waals surface area (Å²) in [4.78, 5) is 15.0. The Labute approximate surface area is 162 Å². The van der Waals surface area contributed by atoms with E-state index >= 15 is 0 Å². The van der Waals surface area contributed by atoms with E-state index in [4.69, 9.17) is 0 Å². The average molecular weight is 367 g/mol. The number of carbonyl (C=O) groups is 1. The molecular weight excluding hydrogens is 336 g/mol. The van der Waals surface area contributed by atoms with Gasteiger partial charge in [0.1, 0.15) is 0 Å². The molecule has 1 amide bonds. The predicted molar refractivity (Wildman–Crippen MR) is 108 cm³/mol. The molecule has 1 aliphatic rings. The van der Waals surface area contributed by atoms with Crippen LogP contribution in [0.15, 0.2) is 54.6 Å². The van der Waals surface area contributed by atoms with Crippen LogP contribution >= 0.6 is 0 Å². The smallest absolute Gasteiger partial charge is 0.224 e. The van der Waals surface area contributed by atoms with Crippen LogP contribution < -0.4 is 5.32 Å². The number of carbonyl (C=O) groups excluding carboxylic acids is 1. The third-order valence-corrected chi connectivity index (χ3v) is 5.27. The molecule has 4 heteroatoms. The van der Waals surface area contributed by atoms with Crippen molar-refractivity contribution in [2.45, 2.75) is 32.7 Å². The predicted octanol–water partition coefficient (Wildman–Crippen LogP) is 3.16. The van der Waals surface area contributed by atoms with Crippen LogP contribution in [0, 0.1) is 5.41 Å². The Morgan fingerprint density at radius 1 is 1.15 bits per heavy atom. The monoisotopic (exact) mass is 366 g/mol. The number of nitrogens with zero attached hydrogens (tertiary/aromatic N) is 1. The molecular formula is C23H30N2O2. The highest BCUT2D eigenvalue weighted by Crippen LogP contribution is 2.35. The molecule has 1 heterocycles. The fourth-order valence-electron chi connectivity index (χ4n) is 3.65. The highest BCUT2D eigenvalue weighted by molar-refractivity contribution is 5.78. The van der Waals surface area contributed by atoms with Crippen molar-refractivity contribution in [3.8, 4) is 0 Å². The number of aliphatic hydroxyl groups is 1. The van der Waals surface area contributed by atoms with E-state index in [-0.39, 0.29) is 24.0 Å². The Balaban J connectivity index is 1.73. The molecule has 3 rings (SSSR count). The molecule has 0 unspecified atom stereocenters. The van der Waals surface area contributed by atoms with Crippen LogP contribution in [-0.4, -0.2) is 42.2 Å². The molecule has 0 saturated heterocycles. The Morgan fingerprint density at radius 2 is 1.85 bits per heavy atom. The van der Waals surface area contributed by atoms with Gasteiger partial charge in [0, 0.05) is 38.1 Å². The van der Waals surface area contributed by atoms with E-state index in [1.54, 1.807) is 0 Å². The molecule has 2 N–H and O–H groups in total. The van der Waals surface area contributed by atoms with Crippen molar-refractivity contribution in [2.75, 3.05) is 26.2 Å². The van der Waals surface area contributed by atoms with Crippen LogP contribution in [0.3, 0.4) is 0 Å². The van der Waals surface area contributed by atoms with Crippen molar-refractivity contribution in [3.05, 3.63) is 71.3 Å². The maximum atomic E-state index is 13.0. The summed E-state index contributed by atoms with van der Waals surface area (Å²) in [6, 6.07) is 18.7. The standard InChI is InChI=1S/C23H30N2O2/c1-23(2,17-26)16-24-14-12-21(27)25-15-13-18-8-6-7-11-20(18)22(25)19-9-4-3-5-10-19/h3-11,22,24,26H,12-17H2,1-2H3/t22-/m1/s1. The van der Waals surface area contributed by atoms with Crippen LogP contribution in [0.5, 0.6) is 0 Å². The quantitative estimate of drug-likeness (QED) is 0.740. The van der Waals surface area contributed by atoms with Crippen LogP contribution in [0.4, 0.5) is 0 Å². The minimum absolute atomic E-state index is 0.0162. The van der Waals surface area contributed by atoms with Gasteiger partial charge in [-0.25, -0.2) is 0 Å². The first-order valence-corrected chi connectivity index (χ1v) is 9.76. The first-order chi connectivity index (χ1) is 13.0. The molecule has 4 nitrogen and oxygen atoms in total. The van der Waals surface area contributed by atoms with Gasteiger partial charge in [0.25, 0.3) is 0 Å². The van der Waals surface area contributed by atoms with Crippen LogP contribution in [0.2, 0.25) is 0 Å². The highest BCUT2D eigenvalue weighted by atomic mass is 16.3. The van der Waals surface area contributed by atoms with Gasteiger partial charge in [0.05, 0.1) is 6.04 Å². The first kappa shape index (κ1) is 19.6. The number of hydrogen-bond donors (Lipinski definition) is 2. The van der Waals surface area contributed by atoms with E-state index in [0.717, 1.165) is 18.5 Å². The van der Waals surface area contributed by atoms with Gasteiger partial charge in [-0.3, -0.25) is 4.79 Å². The van der Waals surface area contributed by atoms with E-state index < -0.39 is 0 Å². The summed E-state index contributed by atoms with van der Waals surface area (Å²) in [7, 11) is 0. The molecule has 2 aromatic carbocycles. The van der Waals surface area contributed by atoms with Crippen molar-refractivity contribution in [1.82, 2.24) is 10.2 Å². The number of aliphatic hydroxyl groups excluding tert-OH is 1. The number of nitrogens with one attached hydrogen (secondary N) is 1. The van der Waals surface area contributed by atoms with Gasteiger partial charge in [-0.2, -0.15) is 0 Å². The topological polar surface area (TPSA) is 52.6 Å². The lowest BCUT2D eigenvalue weighted by Gasteiger charge is -2.38. The SMILES string of the molecule is CC(C)(CO)CNCCC(=O)N1CCc2ccccc2[C@H]1c1ccccc1. The Morgan fingerprint density at radius 3 is 2.59 bits per heavy atom. The minimum atomic E-state index is -0.167. The largest absolute Gasteiger partial charge is 0.396 e. The van der Waals surface area contributed by atoms with Crippen molar-refractivity contribution in [3.63, 3.8) is 0 Å². The summed E-state index contributed by atoms with van der Waals surface area (Å²) in [5.74, 6) is 0.174. The van der Waals surface area contributed by atoms with Gasteiger partial charge in [0.15, 0.2) is 0 Å². The molecule has 0 bridgehead atoms. The first-order valence-electron chi connectivity index (χ1n) is 9.76. The normalized spacial score (nSPS) is 16.9. The maximum absolute atomic E-state index is 13.0. The number of fused-ring (bicyclic) bond motifs is 1. The van der Waals surface area contributed by atoms with Gasteiger partial charge in [-0.05, 0) is 23.1 Å². The third kappa shape index (κ3) is 4.76. The number of amides is 1. The Bertz CT molecular complexity index is 758. The molecule has 0 spiro atoms. The van der Waals surface area contributed by atoms with E-state index in [2.05, 4.69) is 41.7 Å². The van der Waals surface area contributed by atoms with E-state index in [1.165, 1.54) is 11.1 Å². The number of rotatable bonds is 7. The van der Waals surface area contributed by atoms with Gasteiger partial charge < -0.3 is 15.3 Å². The molecule has 0 radical (unpaired) electrons. The number of hydrogen-bond acceptors (Lipinski definition) is 3.